The average Bonchev–Trinajstić information content (AvgIpc) is 2.21. The van der Waals surface area contributed by atoms with Crippen LogP contribution < -0.4 is 0 Å². The summed E-state index contributed by atoms with van der Waals surface area (Å²) < 4.78 is 0. The second kappa shape index (κ2) is 12.2. The molecule has 0 aromatic carbocycles. The second-order valence-corrected chi connectivity index (χ2v) is 3.31. The van der Waals surface area contributed by atoms with Crippen LogP contribution in [0.2, 0.25) is 0 Å². The summed E-state index contributed by atoms with van der Waals surface area (Å²) in [6.45, 7) is 5.86. The zero-order chi connectivity index (χ0) is 10.5. The van der Waals surface area contributed by atoms with Crippen molar-refractivity contribution in [2.75, 3.05) is 0 Å². The Kier molecular flexibility index (Phi) is 11.5. The van der Waals surface area contributed by atoms with E-state index in [1.807, 2.05) is 0 Å². The van der Waals surface area contributed by atoms with Gasteiger partial charge in [-0.1, -0.05) is 43.4 Å². The van der Waals surface area contributed by atoms with Gasteiger partial charge in [0.05, 0.1) is 0 Å². The highest BCUT2D eigenvalue weighted by Crippen LogP contribution is 1.98. The number of rotatable bonds is 8. The third-order valence-electron chi connectivity index (χ3n) is 1.94. The molecule has 0 N–H and O–H groups in total. The molecule has 0 heteroatoms. The lowest BCUT2D eigenvalue weighted by molar-refractivity contribution is 0.985. The average molecular weight is 191 g/mol. The summed E-state index contributed by atoms with van der Waals surface area (Å²) >= 11 is 0. The van der Waals surface area contributed by atoms with Gasteiger partial charge < -0.3 is 0 Å². The first-order valence-electron chi connectivity index (χ1n) is 5.62. The van der Waals surface area contributed by atoms with E-state index in [2.05, 4.69) is 50.3 Å². The van der Waals surface area contributed by atoms with Gasteiger partial charge >= 0.3 is 0 Å². The van der Waals surface area contributed by atoms with Gasteiger partial charge in [0.1, 0.15) is 0 Å². The number of unbranched alkanes of at least 4 members (excludes halogenated alkanes) is 3. The van der Waals surface area contributed by atoms with Gasteiger partial charge in [0.15, 0.2) is 0 Å². The van der Waals surface area contributed by atoms with E-state index < -0.39 is 0 Å². The quantitative estimate of drug-likeness (QED) is 0.380. The van der Waals surface area contributed by atoms with Gasteiger partial charge in [-0.3, -0.25) is 0 Å². The van der Waals surface area contributed by atoms with Crippen LogP contribution in [0.25, 0.3) is 0 Å². The summed E-state index contributed by atoms with van der Waals surface area (Å²) in [7, 11) is 0. The molecule has 0 aliphatic carbocycles. The minimum Gasteiger partial charge on any atom is -0.0917 e. The van der Waals surface area contributed by atoms with Crippen LogP contribution in [0.1, 0.15) is 45.4 Å². The third kappa shape index (κ3) is 11.2. The number of allylic oxidation sites excluding steroid dienone is 6. The van der Waals surface area contributed by atoms with Gasteiger partial charge in [-0.25, -0.2) is 0 Å². The molecule has 0 aromatic rings. The SMILES string of the molecule is [CH2]CC/C=C/CC/C=C/CC/C=C/C. The minimum atomic E-state index is 1.01. The molecular formula is C14H23. The molecule has 0 aromatic heterocycles. The van der Waals surface area contributed by atoms with Gasteiger partial charge in [0.25, 0.3) is 0 Å². The van der Waals surface area contributed by atoms with Crippen molar-refractivity contribution in [2.45, 2.75) is 45.4 Å². The summed E-state index contributed by atoms with van der Waals surface area (Å²) in [6.07, 6.45) is 20.1. The van der Waals surface area contributed by atoms with Gasteiger partial charge in [-0.2, -0.15) is 0 Å². The van der Waals surface area contributed by atoms with Crippen molar-refractivity contribution in [3.05, 3.63) is 43.4 Å². The van der Waals surface area contributed by atoms with Crippen LogP contribution in [-0.4, -0.2) is 0 Å². The third-order valence-corrected chi connectivity index (χ3v) is 1.94. The summed E-state index contributed by atoms with van der Waals surface area (Å²) in [5.74, 6) is 0. The van der Waals surface area contributed by atoms with Crippen molar-refractivity contribution in [1.82, 2.24) is 0 Å². The van der Waals surface area contributed by atoms with E-state index >= 15 is 0 Å². The zero-order valence-corrected chi connectivity index (χ0v) is 9.41. The predicted octanol–water partition coefficient (Wildman–Crippen LogP) is 4.85. The van der Waals surface area contributed by atoms with Crippen LogP contribution in [0.5, 0.6) is 0 Å². The van der Waals surface area contributed by atoms with E-state index in [-0.39, 0.29) is 0 Å². The van der Waals surface area contributed by atoms with Crippen molar-refractivity contribution < 1.29 is 0 Å². The summed E-state index contributed by atoms with van der Waals surface area (Å²) in [6, 6.07) is 0. The minimum absolute atomic E-state index is 1.01. The van der Waals surface area contributed by atoms with Gasteiger partial charge in [0, 0.05) is 0 Å². The van der Waals surface area contributed by atoms with E-state index in [9.17, 15) is 0 Å². The normalized spacial score (nSPS) is 12.4. The molecule has 0 spiro atoms. The molecule has 0 rings (SSSR count). The number of hydrogen-bond donors (Lipinski definition) is 0. The summed E-state index contributed by atoms with van der Waals surface area (Å²) in [5.41, 5.74) is 0. The summed E-state index contributed by atoms with van der Waals surface area (Å²) in [4.78, 5) is 0. The maximum atomic E-state index is 3.79. The molecular weight excluding hydrogens is 168 g/mol. The van der Waals surface area contributed by atoms with Crippen LogP contribution in [0.15, 0.2) is 36.5 Å². The lowest BCUT2D eigenvalue weighted by atomic mass is 10.2. The van der Waals surface area contributed by atoms with Crippen LogP contribution >= 0.6 is 0 Å². The number of hydrogen-bond acceptors (Lipinski definition) is 0. The maximum Gasteiger partial charge on any atom is -0.0316 e. The maximum absolute atomic E-state index is 3.79. The molecule has 0 aliphatic heterocycles. The fraction of sp³-hybridized carbons (Fsp3) is 0.500. The molecule has 0 aliphatic rings. The van der Waals surface area contributed by atoms with Crippen LogP contribution in [0.3, 0.4) is 0 Å². The molecule has 0 unspecified atom stereocenters. The molecule has 0 saturated heterocycles. The molecule has 0 saturated carbocycles. The molecule has 14 heavy (non-hydrogen) atoms. The van der Waals surface area contributed by atoms with Gasteiger partial charge in [-0.05, 0) is 45.4 Å². The van der Waals surface area contributed by atoms with Crippen molar-refractivity contribution in [3.8, 4) is 0 Å². The molecule has 0 fully saturated rings. The lowest BCUT2D eigenvalue weighted by Gasteiger charge is -1.88. The van der Waals surface area contributed by atoms with E-state index in [0.717, 1.165) is 12.8 Å². The van der Waals surface area contributed by atoms with Gasteiger partial charge in [0.2, 0.25) is 0 Å². The van der Waals surface area contributed by atoms with Crippen LogP contribution in [0.4, 0.5) is 0 Å². The second-order valence-electron chi connectivity index (χ2n) is 3.31. The first kappa shape index (κ1) is 13.2. The Labute approximate surface area is 89.4 Å². The largest absolute Gasteiger partial charge is 0.0917 e. The Balaban J connectivity index is 3.18. The Bertz CT molecular complexity index is 172. The van der Waals surface area contributed by atoms with E-state index in [1.54, 1.807) is 0 Å². The first-order chi connectivity index (χ1) is 6.91. The van der Waals surface area contributed by atoms with E-state index in [1.165, 1.54) is 25.7 Å². The fourth-order valence-electron chi connectivity index (χ4n) is 1.14. The van der Waals surface area contributed by atoms with Crippen molar-refractivity contribution in [3.63, 3.8) is 0 Å². The molecule has 0 heterocycles. The first-order valence-corrected chi connectivity index (χ1v) is 5.62. The Morgan fingerprint density at radius 2 is 1.14 bits per heavy atom. The Morgan fingerprint density at radius 3 is 1.57 bits per heavy atom. The predicted molar refractivity (Wildman–Crippen MR) is 66.2 cm³/mol. The standard InChI is InChI=1S/C14H23/c1-3-5-7-9-11-13-14-12-10-8-6-4-2/h4,6-7,9,12,14H,1,3,5,8,10-11,13H2,2H3/b6-4+,9-7+,14-12+. The van der Waals surface area contributed by atoms with Crippen molar-refractivity contribution in [1.29, 1.82) is 0 Å². The van der Waals surface area contributed by atoms with Crippen molar-refractivity contribution in [2.24, 2.45) is 0 Å². The lowest BCUT2D eigenvalue weighted by Crippen LogP contribution is -1.68. The smallest absolute Gasteiger partial charge is 0.0316 e. The molecule has 0 bridgehead atoms. The zero-order valence-electron chi connectivity index (χ0n) is 9.41. The van der Waals surface area contributed by atoms with Crippen LogP contribution in [0, 0.1) is 6.92 Å². The molecule has 79 valence electrons. The van der Waals surface area contributed by atoms with Gasteiger partial charge in [-0.15, -0.1) is 0 Å². The van der Waals surface area contributed by atoms with Crippen LogP contribution in [-0.2, 0) is 0 Å². The monoisotopic (exact) mass is 191 g/mol. The Hall–Kier alpha value is -0.780. The molecule has 0 nitrogen and oxygen atoms in total. The highest BCUT2D eigenvalue weighted by molar-refractivity contribution is 4.89. The highest BCUT2D eigenvalue weighted by atomic mass is 13.8. The van der Waals surface area contributed by atoms with E-state index in [4.69, 9.17) is 0 Å². The van der Waals surface area contributed by atoms with E-state index in [0.29, 0.717) is 0 Å². The fourth-order valence-corrected chi connectivity index (χ4v) is 1.14. The topological polar surface area (TPSA) is 0 Å². The molecule has 0 atom stereocenters. The Morgan fingerprint density at radius 1 is 0.714 bits per heavy atom. The highest BCUT2D eigenvalue weighted by Gasteiger charge is 1.78. The summed E-state index contributed by atoms with van der Waals surface area (Å²) in [5, 5.41) is 0. The molecule has 0 amide bonds. The molecule has 1 radical (unpaired) electrons. The van der Waals surface area contributed by atoms with Crippen molar-refractivity contribution >= 4 is 0 Å².